The maximum Gasteiger partial charge on any atom is 0.120 e. The summed E-state index contributed by atoms with van der Waals surface area (Å²) in [6, 6.07) is 8.16. The fourth-order valence-corrected chi connectivity index (χ4v) is 2.20. The van der Waals surface area contributed by atoms with Crippen LogP contribution in [0, 0.1) is 6.92 Å². The second kappa shape index (κ2) is 4.65. The lowest BCUT2D eigenvalue weighted by Crippen LogP contribution is -2.33. The van der Waals surface area contributed by atoms with Gasteiger partial charge in [0.2, 0.25) is 0 Å². The van der Waals surface area contributed by atoms with Gasteiger partial charge >= 0.3 is 0 Å². The zero-order valence-corrected chi connectivity index (χ0v) is 9.17. The first-order valence-electron chi connectivity index (χ1n) is 5.73. The molecule has 1 aromatic carbocycles. The Morgan fingerprint density at radius 2 is 2.07 bits per heavy atom. The van der Waals surface area contributed by atoms with E-state index in [1.54, 1.807) is 0 Å². The average Bonchev–Trinajstić information content (AvgIpc) is 2.22. The van der Waals surface area contributed by atoms with Crippen LogP contribution < -0.4 is 5.32 Å². The van der Waals surface area contributed by atoms with Crippen LogP contribution in [0.2, 0.25) is 0 Å². The highest BCUT2D eigenvalue weighted by molar-refractivity contribution is 5.46. The molecular formula is C13H18FN. The van der Waals surface area contributed by atoms with Crippen molar-refractivity contribution in [1.82, 2.24) is 0 Å². The number of aryl methyl sites for hydroxylation is 1. The molecule has 1 aliphatic carbocycles. The SMILES string of the molecule is Cc1cccc(N[C@@H]2CCCC[C@H]2F)c1. The van der Waals surface area contributed by atoms with E-state index < -0.39 is 6.17 Å². The Balaban J connectivity index is 2.01. The van der Waals surface area contributed by atoms with Crippen LogP contribution in [0.4, 0.5) is 10.1 Å². The Morgan fingerprint density at radius 1 is 1.27 bits per heavy atom. The third-order valence-corrected chi connectivity index (χ3v) is 3.05. The predicted molar refractivity (Wildman–Crippen MR) is 62.0 cm³/mol. The molecule has 0 radical (unpaired) electrons. The number of nitrogens with one attached hydrogen (secondary N) is 1. The number of alkyl halides is 1. The largest absolute Gasteiger partial charge is 0.379 e. The molecule has 1 saturated carbocycles. The van der Waals surface area contributed by atoms with Gasteiger partial charge in [-0.15, -0.1) is 0 Å². The van der Waals surface area contributed by atoms with Gasteiger partial charge in [-0.2, -0.15) is 0 Å². The van der Waals surface area contributed by atoms with E-state index in [1.807, 2.05) is 12.1 Å². The van der Waals surface area contributed by atoms with Crippen molar-refractivity contribution in [3.8, 4) is 0 Å². The maximum absolute atomic E-state index is 13.6. The second-order valence-electron chi connectivity index (χ2n) is 4.42. The lowest BCUT2D eigenvalue weighted by Gasteiger charge is -2.27. The first-order valence-corrected chi connectivity index (χ1v) is 5.73. The van der Waals surface area contributed by atoms with Gasteiger partial charge < -0.3 is 5.32 Å². The molecule has 0 unspecified atom stereocenters. The van der Waals surface area contributed by atoms with E-state index in [0.29, 0.717) is 6.42 Å². The summed E-state index contributed by atoms with van der Waals surface area (Å²) in [5, 5.41) is 3.30. The molecule has 2 rings (SSSR count). The van der Waals surface area contributed by atoms with Crippen LogP contribution in [-0.4, -0.2) is 12.2 Å². The van der Waals surface area contributed by atoms with E-state index in [9.17, 15) is 4.39 Å². The highest BCUT2D eigenvalue weighted by atomic mass is 19.1. The van der Waals surface area contributed by atoms with Gasteiger partial charge in [0.25, 0.3) is 0 Å². The molecule has 2 atom stereocenters. The van der Waals surface area contributed by atoms with Crippen molar-refractivity contribution in [2.75, 3.05) is 5.32 Å². The molecular weight excluding hydrogens is 189 g/mol. The Morgan fingerprint density at radius 3 is 2.80 bits per heavy atom. The van der Waals surface area contributed by atoms with E-state index in [-0.39, 0.29) is 6.04 Å². The van der Waals surface area contributed by atoms with E-state index in [4.69, 9.17) is 0 Å². The Hall–Kier alpha value is -1.05. The number of rotatable bonds is 2. The van der Waals surface area contributed by atoms with Gasteiger partial charge in [-0.05, 0) is 37.5 Å². The van der Waals surface area contributed by atoms with Gasteiger partial charge in [0.05, 0.1) is 6.04 Å². The molecule has 0 amide bonds. The molecule has 0 saturated heterocycles. The predicted octanol–water partition coefficient (Wildman–Crippen LogP) is 3.69. The Kier molecular flexibility index (Phi) is 3.24. The van der Waals surface area contributed by atoms with Crippen molar-refractivity contribution in [3.05, 3.63) is 29.8 Å². The molecule has 82 valence electrons. The lowest BCUT2D eigenvalue weighted by molar-refractivity contribution is 0.230. The lowest BCUT2D eigenvalue weighted by atomic mass is 9.93. The minimum absolute atomic E-state index is 0.0144. The van der Waals surface area contributed by atoms with Gasteiger partial charge in [0.15, 0.2) is 0 Å². The molecule has 1 N–H and O–H groups in total. The van der Waals surface area contributed by atoms with E-state index in [0.717, 1.165) is 24.9 Å². The van der Waals surface area contributed by atoms with E-state index in [2.05, 4.69) is 24.4 Å². The highest BCUT2D eigenvalue weighted by Crippen LogP contribution is 2.24. The third-order valence-electron chi connectivity index (χ3n) is 3.05. The smallest absolute Gasteiger partial charge is 0.120 e. The Bertz CT molecular complexity index is 324. The fraction of sp³-hybridized carbons (Fsp3) is 0.538. The number of benzene rings is 1. The Labute approximate surface area is 90.7 Å². The number of anilines is 1. The molecule has 0 aromatic heterocycles. The van der Waals surface area contributed by atoms with Crippen molar-refractivity contribution in [1.29, 1.82) is 0 Å². The van der Waals surface area contributed by atoms with Crippen LogP contribution in [0.3, 0.4) is 0 Å². The van der Waals surface area contributed by atoms with Crippen LogP contribution in [0.1, 0.15) is 31.2 Å². The van der Waals surface area contributed by atoms with Crippen LogP contribution in [-0.2, 0) is 0 Å². The number of halogens is 1. The minimum Gasteiger partial charge on any atom is -0.379 e. The van der Waals surface area contributed by atoms with Crippen molar-refractivity contribution < 1.29 is 4.39 Å². The summed E-state index contributed by atoms with van der Waals surface area (Å²) in [6.45, 7) is 2.05. The molecule has 1 fully saturated rings. The zero-order chi connectivity index (χ0) is 10.7. The van der Waals surface area contributed by atoms with Crippen LogP contribution in [0.5, 0.6) is 0 Å². The number of hydrogen-bond donors (Lipinski definition) is 1. The quantitative estimate of drug-likeness (QED) is 0.780. The summed E-state index contributed by atoms with van der Waals surface area (Å²) in [5.74, 6) is 0. The van der Waals surface area contributed by atoms with Gasteiger partial charge in [0, 0.05) is 5.69 Å². The summed E-state index contributed by atoms with van der Waals surface area (Å²) < 4.78 is 13.6. The zero-order valence-electron chi connectivity index (χ0n) is 9.17. The van der Waals surface area contributed by atoms with E-state index in [1.165, 1.54) is 5.56 Å². The molecule has 0 bridgehead atoms. The minimum atomic E-state index is -0.681. The molecule has 0 heterocycles. The summed E-state index contributed by atoms with van der Waals surface area (Å²) in [7, 11) is 0. The summed E-state index contributed by atoms with van der Waals surface area (Å²) in [5.41, 5.74) is 2.26. The molecule has 15 heavy (non-hydrogen) atoms. The van der Waals surface area contributed by atoms with Crippen LogP contribution >= 0.6 is 0 Å². The topological polar surface area (TPSA) is 12.0 Å². The average molecular weight is 207 g/mol. The van der Waals surface area contributed by atoms with Crippen molar-refractivity contribution in [2.24, 2.45) is 0 Å². The molecule has 1 aliphatic rings. The maximum atomic E-state index is 13.6. The van der Waals surface area contributed by atoms with Crippen molar-refractivity contribution >= 4 is 5.69 Å². The monoisotopic (exact) mass is 207 g/mol. The first-order chi connectivity index (χ1) is 7.25. The normalized spacial score (nSPS) is 26.3. The summed E-state index contributed by atoms with van der Waals surface area (Å²) in [6.07, 6.45) is 3.16. The highest BCUT2D eigenvalue weighted by Gasteiger charge is 2.24. The summed E-state index contributed by atoms with van der Waals surface area (Å²) >= 11 is 0. The van der Waals surface area contributed by atoms with Gasteiger partial charge in [-0.25, -0.2) is 4.39 Å². The van der Waals surface area contributed by atoms with Gasteiger partial charge in [-0.1, -0.05) is 25.0 Å². The molecule has 0 spiro atoms. The molecule has 1 aromatic rings. The number of hydrogen-bond acceptors (Lipinski definition) is 1. The first kappa shape index (κ1) is 10.5. The third kappa shape index (κ3) is 2.71. The second-order valence-corrected chi connectivity index (χ2v) is 4.42. The van der Waals surface area contributed by atoms with Crippen LogP contribution in [0.15, 0.2) is 24.3 Å². The van der Waals surface area contributed by atoms with Gasteiger partial charge in [-0.3, -0.25) is 0 Å². The molecule has 1 nitrogen and oxygen atoms in total. The fourth-order valence-electron chi connectivity index (χ4n) is 2.20. The molecule has 0 aliphatic heterocycles. The van der Waals surface area contributed by atoms with Crippen molar-refractivity contribution in [2.45, 2.75) is 44.8 Å². The van der Waals surface area contributed by atoms with Crippen LogP contribution in [0.25, 0.3) is 0 Å². The van der Waals surface area contributed by atoms with Crippen molar-refractivity contribution in [3.63, 3.8) is 0 Å². The standard InChI is InChI=1S/C13H18FN/c1-10-5-4-6-11(9-10)15-13-8-3-2-7-12(13)14/h4-6,9,12-13,15H,2-3,7-8H2,1H3/t12-,13-/m1/s1. The summed E-state index contributed by atoms with van der Waals surface area (Å²) in [4.78, 5) is 0. The molecule has 2 heteroatoms. The van der Waals surface area contributed by atoms with Gasteiger partial charge in [0.1, 0.15) is 6.17 Å². The van der Waals surface area contributed by atoms with E-state index >= 15 is 0 Å².